The lowest BCUT2D eigenvalue weighted by Gasteiger charge is -2.40. The van der Waals surface area contributed by atoms with Crippen LogP contribution in [0.3, 0.4) is 0 Å². The fourth-order valence-corrected chi connectivity index (χ4v) is 3.53. The van der Waals surface area contributed by atoms with Gasteiger partial charge in [0.2, 0.25) is 6.29 Å². The van der Waals surface area contributed by atoms with Gasteiger partial charge in [0.1, 0.15) is 18.0 Å². The minimum absolute atomic E-state index is 0.291. The molecule has 2 aromatic rings. The minimum atomic E-state index is -1.19. The molecule has 0 amide bonds. The third-order valence-electron chi connectivity index (χ3n) is 5.36. The van der Waals surface area contributed by atoms with Gasteiger partial charge in [-0.05, 0) is 43.2 Å². The van der Waals surface area contributed by atoms with Crippen LogP contribution in [0.15, 0.2) is 42.5 Å². The van der Waals surface area contributed by atoms with E-state index in [1.165, 1.54) is 0 Å². The van der Waals surface area contributed by atoms with Crippen molar-refractivity contribution < 1.29 is 34.3 Å². The van der Waals surface area contributed by atoms with Crippen molar-refractivity contribution in [2.75, 3.05) is 13.2 Å². The van der Waals surface area contributed by atoms with Crippen molar-refractivity contribution in [3.8, 4) is 16.9 Å². The molecule has 2 aromatic carbocycles. The predicted octanol–water partition coefficient (Wildman–Crippen LogP) is 2.29. The maximum absolute atomic E-state index is 12.2. The van der Waals surface area contributed by atoms with E-state index in [1.807, 2.05) is 31.2 Å². The van der Waals surface area contributed by atoms with Crippen LogP contribution in [0.2, 0.25) is 0 Å². The Morgan fingerprint density at radius 2 is 1.83 bits per heavy atom. The molecule has 0 bridgehead atoms. The summed E-state index contributed by atoms with van der Waals surface area (Å²) in [5, 5.41) is 29.8. The molecule has 2 unspecified atom stereocenters. The first kappa shape index (κ1) is 22.2. The number of para-hydroxylation sites is 1. The number of esters is 1. The molecule has 5 atom stereocenters. The maximum atomic E-state index is 12.2. The minimum Gasteiger partial charge on any atom is -0.464 e. The van der Waals surface area contributed by atoms with Gasteiger partial charge in [0.05, 0.1) is 24.9 Å². The molecule has 1 heterocycles. The molecule has 0 aromatic heterocycles. The normalized spacial score (nSPS) is 26.3. The zero-order valence-electron chi connectivity index (χ0n) is 17.3. The van der Waals surface area contributed by atoms with Crippen LogP contribution in [-0.2, 0) is 9.47 Å². The van der Waals surface area contributed by atoms with E-state index in [2.05, 4.69) is 0 Å². The van der Waals surface area contributed by atoms with E-state index in [4.69, 9.17) is 14.2 Å². The number of aryl methyl sites for hydroxylation is 1. The Morgan fingerprint density at radius 1 is 1.10 bits per heavy atom. The van der Waals surface area contributed by atoms with Gasteiger partial charge >= 0.3 is 5.97 Å². The van der Waals surface area contributed by atoms with Gasteiger partial charge < -0.3 is 29.5 Å². The molecule has 3 N–H and O–H groups in total. The van der Waals surface area contributed by atoms with E-state index in [0.29, 0.717) is 17.9 Å². The number of hydrogen-bond donors (Lipinski definition) is 3. The molecular formula is C23H28O7. The number of aliphatic hydroxyl groups excluding tert-OH is 3. The Hall–Kier alpha value is -2.45. The van der Waals surface area contributed by atoms with Crippen molar-refractivity contribution in [3.63, 3.8) is 0 Å². The van der Waals surface area contributed by atoms with E-state index >= 15 is 0 Å². The fraction of sp³-hybridized carbons (Fsp3) is 0.435. The van der Waals surface area contributed by atoms with Gasteiger partial charge in [-0.15, -0.1) is 0 Å². The van der Waals surface area contributed by atoms with Crippen molar-refractivity contribution in [1.82, 2.24) is 0 Å². The first-order chi connectivity index (χ1) is 14.4. The van der Waals surface area contributed by atoms with Crippen LogP contribution in [0.4, 0.5) is 0 Å². The highest BCUT2D eigenvalue weighted by Gasteiger charge is 2.43. The summed E-state index contributed by atoms with van der Waals surface area (Å²) in [5.41, 5.74) is 2.94. The molecule has 7 nitrogen and oxygen atoms in total. The summed E-state index contributed by atoms with van der Waals surface area (Å²) < 4.78 is 16.9. The number of carbonyl (C=O) groups excluding carboxylic acids is 1. The molecule has 3 rings (SSSR count). The molecule has 1 aliphatic heterocycles. The molecule has 1 saturated heterocycles. The third kappa shape index (κ3) is 4.49. The highest BCUT2D eigenvalue weighted by molar-refractivity contribution is 5.92. The largest absolute Gasteiger partial charge is 0.464 e. The SMILES string of the molecule is CCOC(=O)c1ccc(C)c(-c2ccccc2O[C@@H]2OC(CO)[C@H](O)[C@H](O)C2C)c1. The number of carbonyl (C=O) groups is 1. The summed E-state index contributed by atoms with van der Waals surface area (Å²) in [6.45, 7) is 5.25. The van der Waals surface area contributed by atoms with E-state index in [9.17, 15) is 20.1 Å². The van der Waals surface area contributed by atoms with Gasteiger partial charge in [-0.2, -0.15) is 0 Å². The first-order valence-corrected chi connectivity index (χ1v) is 10.0. The summed E-state index contributed by atoms with van der Waals surface area (Å²) in [4.78, 5) is 12.2. The Labute approximate surface area is 175 Å². The number of hydrogen-bond acceptors (Lipinski definition) is 7. The average Bonchev–Trinajstić information content (AvgIpc) is 2.75. The second-order valence-electron chi connectivity index (χ2n) is 7.43. The van der Waals surface area contributed by atoms with Gasteiger partial charge in [-0.25, -0.2) is 4.79 Å². The van der Waals surface area contributed by atoms with Crippen LogP contribution < -0.4 is 4.74 Å². The van der Waals surface area contributed by atoms with E-state index in [0.717, 1.165) is 16.7 Å². The summed E-state index contributed by atoms with van der Waals surface area (Å²) >= 11 is 0. The fourth-order valence-electron chi connectivity index (χ4n) is 3.53. The molecule has 1 fully saturated rings. The van der Waals surface area contributed by atoms with E-state index in [-0.39, 0.29) is 0 Å². The van der Waals surface area contributed by atoms with Gasteiger partial charge in [0, 0.05) is 11.5 Å². The molecular weight excluding hydrogens is 388 g/mol. The van der Waals surface area contributed by atoms with Crippen LogP contribution in [0.25, 0.3) is 11.1 Å². The van der Waals surface area contributed by atoms with Crippen LogP contribution in [0.5, 0.6) is 5.75 Å². The number of aliphatic hydroxyl groups is 3. The maximum Gasteiger partial charge on any atom is 0.338 e. The second-order valence-corrected chi connectivity index (χ2v) is 7.43. The predicted molar refractivity (Wildman–Crippen MR) is 110 cm³/mol. The highest BCUT2D eigenvalue weighted by Crippen LogP contribution is 2.36. The quantitative estimate of drug-likeness (QED) is 0.621. The molecule has 0 saturated carbocycles. The van der Waals surface area contributed by atoms with E-state index in [1.54, 1.807) is 32.0 Å². The highest BCUT2D eigenvalue weighted by atomic mass is 16.7. The zero-order valence-corrected chi connectivity index (χ0v) is 17.3. The molecule has 0 radical (unpaired) electrons. The number of rotatable bonds is 6. The monoisotopic (exact) mass is 416 g/mol. The molecule has 162 valence electrons. The number of ether oxygens (including phenoxy) is 3. The Balaban J connectivity index is 1.94. The van der Waals surface area contributed by atoms with E-state index < -0.39 is 43.1 Å². The molecule has 30 heavy (non-hydrogen) atoms. The van der Waals surface area contributed by atoms with Gasteiger partial charge in [0.15, 0.2) is 0 Å². The van der Waals surface area contributed by atoms with Crippen LogP contribution in [0, 0.1) is 12.8 Å². The van der Waals surface area contributed by atoms with Gasteiger partial charge in [-0.1, -0.05) is 31.2 Å². The Morgan fingerprint density at radius 3 is 2.53 bits per heavy atom. The third-order valence-corrected chi connectivity index (χ3v) is 5.36. The Bertz CT molecular complexity index is 880. The van der Waals surface area contributed by atoms with Gasteiger partial charge in [-0.3, -0.25) is 0 Å². The summed E-state index contributed by atoms with van der Waals surface area (Å²) in [6.07, 6.45) is -4.09. The van der Waals surface area contributed by atoms with Crippen molar-refractivity contribution in [3.05, 3.63) is 53.6 Å². The lowest BCUT2D eigenvalue weighted by Crippen LogP contribution is -2.56. The lowest BCUT2D eigenvalue weighted by atomic mass is 9.92. The topological polar surface area (TPSA) is 105 Å². The van der Waals surface area contributed by atoms with Crippen molar-refractivity contribution >= 4 is 5.97 Å². The molecule has 0 aliphatic carbocycles. The lowest BCUT2D eigenvalue weighted by molar-refractivity contribution is -0.256. The van der Waals surface area contributed by atoms with Crippen molar-refractivity contribution in [1.29, 1.82) is 0 Å². The zero-order chi connectivity index (χ0) is 21.8. The Kier molecular flexibility index (Phi) is 7.10. The van der Waals surface area contributed by atoms with Crippen LogP contribution in [-0.4, -0.2) is 59.1 Å². The standard InChI is InChI=1S/C23H28O7/c1-4-28-22(27)15-10-9-13(2)17(11-15)16-7-5-6-8-18(16)29-23-14(3)20(25)21(26)19(12-24)30-23/h5-11,14,19-21,23-26H,4,12H2,1-3H3/t14?,19?,20-,21+,23-/m1/s1. The number of benzene rings is 2. The first-order valence-electron chi connectivity index (χ1n) is 10.0. The smallest absolute Gasteiger partial charge is 0.338 e. The molecule has 7 heteroatoms. The molecule has 0 spiro atoms. The van der Waals surface area contributed by atoms with Crippen LogP contribution in [0.1, 0.15) is 29.8 Å². The van der Waals surface area contributed by atoms with Crippen LogP contribution >= 0.6 is 0 Å². The summed E-state index contributed by atoms with van der Waals surface area (Å²) in [6, 6.07) is 12.6. The summed E-state index contributed by atoms with van der Waals surface area (Å²) in [5.74, 6) is -0.425. The second kappa shape index (κ2) is 9.57. The van der Waals surface area contributed by atoms with Gasteiger partial charge in [0.25, 0.3) is 0 Å². The average molecular weight is 416 g/mol. The molecule has 1 aliphatic rings. The summed E-state index contributed by atoms with van der Waals surface area (Å²) in [7, 11) is 0. The van der Waals surface area contributed by atoms with Crippen molar-refractivity contribution in [2.45, 2.75) is 45.4 Å². The van der Waals surface area contributed by atoms with Crippen molar-refractivity contribution in [2.24, 2.45) is 5.92 Å².